The SMILES string of the molecule is C[C@@H]1Cc2cc3c(c(NC(=O)N=S(N)(=O)c4cnn5c4OCC5)c21)CCC3. The summed E-state index contributed by atoms with van der Waals surface area (Å²) in [6.07, 6.45) is 5.44. The zero-order chi connectivity index (χ0) is 18.8. The summed E-state index contributed by atoms with van der Waals surface area (Å²) in [6, 6.07) is 1.58. The van der Waals surface area contributed by atoms with E-state index in [1.165, 1.54) is 28.5 Å². The Morgan fingerprint density at radius 1 is 1.44 bits per heavy atom. The summed E-state index contributed by atoms with van der Waals surface area (Å²) in [5.41, 5.74) is 5.79. The number of benzene rings is 1. The highest BCUT2D eigenvalue weighted by Gasteiger charge is 2.32. The normalized spacial score (nSPS) is 21.3. The number of hydrogen-bond acceptors (Lipinski definition) is 4. The van der Waals surface area contributed by atoms with Gasteiger partial charge in [-0.15, -0.1) is 4.36 Å². The van der Waals surface area contributed by atoms with E-state index >= 15 is 0 Å². The Morgan fingerprint density at radius 3 is 3.11 bits per heavy atom. The van der Waals surface area contributed by atoms with E-state index in [1.807, 2.05) is 0 Å². The molecule has 0 fully saturated rings. The molecule has 8 nitrogen and oxygen atoms in total. The number of carbonyl (C=O) groups excluding carboxylic acids is 1. The summed E-state index contributed by atoms with van der Waals surface area (Å²) in [5, 5.41) is 12.9. The molecule has 1 aromatic heterocycles. The topological polar surface area (TPSA) is 112 Å². The van der Waals surface area contributed by atoms with Gasteiger partial charge >= 0.3 is 6.03 Å². The molecule has 0 radical (unpaired) electrons. The van der Waals surface area contributed by atoms with Gasteiger partial charge in [0.25, 0.3) is 0 Å². The zero-order valence-corrected chi connectivity index (χ0v) is 15.8. The van der Waals surface area contributed by atoms with E-state index in [9.17, 15) is 9.00 Å². The second-order valence-electron chi connectivity index (χ2n) is 7.40. The monoisotopic (exact) mass is 387 g/mol. The first-order valence-corrected chi connectivity index (χ1v) is 10.7. The van der Waals surface area contributed by atoms with Gasteiger partial charge in [-0.05, 0) is 53.9 Å². The van der Waals surface area contributed by atoms with Gasteiger partial charge < -0.3 is 10.1 Å². The van der Waals surface area contributed by atoms with E-state index in [4.69, 9.17) is 9.88 Å². The van der Waals surface area contributed by atoms with Crippen molar-refractivity contribution in [1.82, 2.24) is 9.78 Å². The molecule has 0 bridgehead atoms. The molecule has 3 aliphatic rings. The van der Waals surface area contributed by atoms with Crippen LogP contribution in [0.1, 0.15) is 41.5 Å². The molecule has 0 saturated carbocycles. The molecule has 2 aromatic rings. The van der Waals surface area contributed by atoms with Crippen molar-refractivity contribution in [2.75, 3.05) is 11.9 Å². The number of urea groups is 1. The lowest BCUT2D eigenvalue weighted by Gasteiger charge is -2.31. The van der Waals surface area contributed by atoms with Crippen LogP contribution < -0.4 is 15.2 Å². The van der Waals surface area contributed by atoms with Gasteiger partial charge in [0, 0.05) is 5.69 Å². The fraction of sp³-hybridized carbons (Fsp3) is 0.444. The Balaban J connectivity index is 1.50. The summed E-state index contributed by atoms with van der Waals surface area (Å²) in [5.74, 6) is 0.730. The largest absolute Gasteiger partial charge is 0.475 e. The molecule has 1 unspecified atom stereocenters. The van der Waals surface area contributed by atoms with Crippen molar-refractivity contribution in [2.24, 2.45) is 9.50 Å². The number of ether oxygens (including phenoxy) is 1. The van der Waals surface area contributed by atoms with Crippen molar-refractivity contribution in [3.8, 4) is 5.88 Å². The average Bonchev–Trinajstić information content (AvgIpc) is 3.29. The van der Waals surface area contributed by atoms with Gasteiger partial charge in [-0.2, -0.15) is 5.10 Å². The van der Waals surface area contributed by atoms with Crippen molar-refractivity contribution in [2.45, 2.75) is 50.0 Å². The maximum absolute atomic E-state index is 12.9. The highest BCUT2D eigenvalue weighted by Crippen LogP contribution is 2.45. The lowest BCUT2D eigenvalue weighted by Crippen LogP contribution is -2.23. The molecule has 0 saturated heterocycles. The number of carbonyl (C=O) groups is 1. The Morgan fingerprint density at radius 2 is 2.30 bits per heavy atom. The van der Waals surface area contributed by atoms with Crippen molar-refractivity contribution >= 4 is 21.6 Å². The van der Waals surface area contributed by atoms with E-state index < -0.39 is 15.9 Å². The highest BCUT2D eigenvalue weighted by atomic mass is 32.2. The van der Waals surface area contributed by atoms with Crippen molar-refractivity contribution in [3.05, 3.63) is 34.5 Å². The third kappa shape index (κ3) is 2.56. The van der Waals surface area contributed by atoms with Gasteiger partial charge in [0.05, 0.1) is 12.7 Å². The number of rotatable bonds is 2. The number of fused-ring (bicyclic) bond motifs is 3. The van der Waals surface area contributed by atoms with Crippen LogP contribution in [0.25, 0.3) is 0 Å². The number of aryl methyl sites for hydroxylation is 1. The van der Waals surface area contributed by atoms with Gasteiger partial charge in [-0.25, -0.2) is 18.8 Å². The molecule has 142 valence electrons. The summed E-state index contributed by atoms with van der Waals surface area (Å²) in [7, 11) is -3.44. The van der Waals surface area contributed by atoms with Gasteiger partial charge in [0.2, 0.25) is 5.88 Å². The Bertz CT molecular complexity index is 1090. The van der Waals surface area contributed by atoms with Crippen LogP contribution in [0.2, 0.25) is 0 Å². The zero-order valence-electron chi connectivity index (χ0n) is 15.0. The standard InChI is InChI=1S/C18H21N5O3S/c1-10-7-12-8-11-3-2-4-13(11)16(15(10)12)21-18(24)22-27(19,25)14-9-20-23-5-6-26-17(14)23/h8-10H,2-7H2,1H3,(H3,19,21,22,24,25)/t10-,27?/m1/s1. The van der Waals surface area contributed by atoms with Crippen LogP contribution >= 0.6 is 0 Å². The number of nitrogens with two attached hydrogens (primary N) is 1. The molecular formula is C18H21N5O3S. The summed E-state index contributed by atoms with van der Waals surface area (Å²) in [6.45, 7) is 3.16. The number of nitrogens with one attached hydrogen (secondary N) is 1. The smallest absolute Gasteiger partial charge is 0.354 e. The van der Waals surface area contributed by atoms with Crippen LogP contribution in [0.15, 0.2) is 21.5 Å². The molecule has 2 heterocycles. The predicted molar refractivity (Wildman–Crippen MR) is 100 cm³/mol. The molecule has 5 rings (SSSR count). The van der Waals surface area contributed by atoms with Crippen LogP contribution in [-0.4, -0.2) is 26.6 Å². The maximum Gasteiger partial charge on any atom is 0.354 e. The predicted octanol–water partition coefficient (Wildman–Crippen LogP) is 2.36. The molecule has 27 heavy (non-hydrogen) atoms. The van der Waals surface area contributed by atoms with E-state index in [2.05, 4.69) is 27.8 Å². The molecule has 2 amide bonds. The van der Waals surface area contributed by atoms with E-state index in [1.54, 1.807) is 4.68 Å². The second-order valence-corrected chi connectivity index (χ2v) is 9.16. The van der Waals surface area contributed by atoms with Gasteiger partial charge in [0.1, 0.15) is 11.5 Å². The Labute approximate surface area is 157 Å². The van der Waals surface area contributed by atoms with Crippen molar-refractivity contribution in [1.29, 1.82) is 0 Å². The third-order valence-electron chi connectivity index (χ3n) is 5.61. The molecular weight excluding hydrogens is 366 g/mol. The van der Waals surface area contributed by atoms with Crippen LogP contribution in [-0.2, 0) is 35.7 Å². The molecule has 2 atom stereocenters. The van der Waals surface area contributed by atoms with Crippen LogP contribution in [0.4, 0.5) is 10.5 Å². The van der Waals surface area contributed by atoms with Crippen molar-refractivity contribution in [3.63, 3.8) is 0 Å². The first-order chi connectivity index (χ1) is 12.9. The van der Waals surface area contributed by atoms with Crippen LogP contribution in [0.5, 0.6) is 5.88 Å². The fourth-order valence-corrected chi connectivity index (χ4v) is 5.39. The maximum atomic E-state index is 12.9. The van der Waals surface area contributed by atoms with E-state index in [0.29, 0.717) is 24.9 Å². The molecule has 1 aromatic carbocycles. The molecule has 9 heteroatoms. The second kappa shape index (κ2) is 5.80. The first kappa shape index (κ1) is 16.8. The quantitative estimate of drug-likeness (QED) is 0.824. The first-order valence-electron chi connectivity index (χ1n) is 9.16. The number of anilines is 1. The number of nitrogens with zero attached hydrogens (tertiary/aromatic N) is 3. The molecule has 2 aliphatic carbocycles. The minimum atomic E-state index is -3.44. The van der Waals surface area contributed by atoms with Crippen molar-refractivity contribution < 1.29 is 13.7 Å². The van der Waals surface area contributed by atoms with Gasteiger partial charge in [0.15, 0.2) is 9.92 Å². The number of hydrogen-bond donors (Lipinski definition) is 2. The Kier molecular flexibility index (Phi) is 3.60. The average molecular weight is 387 g/mol. The van der Waals surface area contributed by atoms with E-state index in [0.717, 1.165) is 31.4 Å². The number of amides is 2. The molecule has 3 N–H and O–H groups in total. The fourth-order valence-electron chi connectivity index (χ4n) is 4.39. The summed E-state index contributed by atoms with van der Waals surface area (Å²) in [4.78, 5) is 12.8. The minimum Gasteiger partial charge on any atom is -0.475 e. The van der Waals surface area contributed by atoms with Gasteiger partial charge in [-0.3, -0.25) is 0 Å². The van der Waals surface area contributed by atoms with Crippen LogP contribution in [0.3, 0.4) is 0 Å². The summed E-state index contributed by atoms with van der Waals surface area (Å²) >= 11 is 0. The lowest BCUT2D eigenvalue weighted by molar-refractivity contribution is 0.260. The number of aromatic nitrogens is 2. The lowest BCUT2D eigenvalue weighted by atomic mass is 9.75. The summed E-state index contributed by atoms with van der Waals surface area (Å²) < 4.78 is 23.7. The minimum absolute atomic E-state index is 0.162. The molecule has 0 spiro atoms. The Hall–Kier alpha value is -2.39. The van der Waals surface area contributed by atoms with E-state index in [-0.39, 0.29) is 4.90 Å². The van der Waals surface area contributed by atoms with Gasteiger partial charge in [-0.1, -0.05) is 13.0 Å². The third-order valence-corrected chi connectivity index (χ3v) is 6.96. The van der Waals surface area contributed by atoms with Crippen LogP contribution in [0, 0.1) is 0 Å². The molecule has 1 aliphatic heterocycles. The highest BCUT2D eigenvalue weighted by molar-refractivity contribution is 7.91.